The number of nitrogens with two attached hydrogens (primary N) is 1. The molecule has 24 heavy (non-hydrogen) atoms. The van der Waals surface area contributed by atoms with Gasteiger partial charge in [-0.25, -0.2) is 0 Å². The molecule has 0 aromatic heterocycles. The quantitative estimate of drug-likeness (QED) is 0.819. The summed E-state index contributed by atoms with van der Waals surface area (Å²) in [4.78, 5) is 23.9. The number of anilines is 1. The number of halogens is 1. The van der Waals surface area contributed by atoms with Crippen molar-refractivity contribution in [3.05, 3.63) is 58.6 Å². The summed E-state index contributed by atoms with van der Waals surface area (Å²) in [5.74, 6) is 4.70. The molecule has 2 aromatic carbocycles. The van der Waals surface area contributed by atoms with Gasteiger partial charge in [-0.3, -0.25) is 9.59 Å². The second kappa shape index (κ2) is 8.04. The molecule has 122 valence electrons. The van der Waals surface area contributed by atoms with Gasteiger partial charge >= 0.3 is 0 Å². The molecule has 6 heteroatoms. The van der Waals surface area contributed by atoms with Crippen LogP contribution in [0.4, 0.5) is 5.69 Å². The molecule has 2 aromatic rings. The fourth-order valence-electron chi connectivity index (χ4n) is 1.90. The van der Waals surface area contributed by atoms with Crippen molar-refractivity contribution in [2.45, 2.75) is 6.92 Å². The van der Waals surface area contributed by atoms with E-state index in [9.17, 15) is 9.59 Å². The number of carbonyl (C=O) groups excluding carboxylic acids is 2. The van der Waals surface area contributed by atoms with Crippen molar-refractivity contribution in [1.82, 2.24) is 0 Å². The third-order valence-corrected chi connectivity index (χ3v) is 3.34. The highest BCUT2D eigenvalue weighted by Crippen LogP contribution is 2.22. The van der Waals surface area contributed by atoms with Crippen LogP contribution in [0.5, 0.6) is 5.75 Å². The number of hydrogen-bond acceptors (Lipinski definition) is 3. The second-order valence-corrected chi connectivity index (χ2v) is 5.19. The fourth-order valence-corrected chi connectivity index (χ4v) is 2.03. The Kier molecular flexibility index (Phi) is 5.83. The van der Waals surface area contributed by atoms with Gasteiger partial charge < -0.3 is 15.8 Å². The molecule has 0 aliphatic carbocycles. The number of ether oxygens (including phenoxy) is 1. The molecule has 0 radical (unpaired) electrons. The van der Waals surface area contributed by atoms with Crippen LogP contribution in [0.2, 0.25) is 5.02 Å². The van der Waals surface area contributed by atoms with E-state index in [0.717, 1.165) is 0 Å². The van der Waals surface area contributed by atoms with Crippen LogP contribution in [-0.4, -0.2) is 18.4 Å². The number of primary amides is 1. The molecule has 5 nitrogen and oxygen atoms in total. The first-order valence-corrected chi connectivity index (χ1v) is 7.42. The van der Waals surface area contributed by atoms with Crippen LogP contribution in [0, 0.1) is 11.8 Å². The molecule has 0 atom stereocenters. The lowest BCUT2D eigenvalue weighted by Gasteiger charge is -2.11. The minimum atomic E-state index is -0.629. The summed E-state index contributed by atoms with van der Waals surface area (Å²) in [5.41, 5.74) is 6.25. The summed E-state index contributed by atoms with van der Waals surface area (Å²) >= 11 is 5.82. The van der Waals surface area contributed by atoms with E-state index in [4.69, 9.17) is 22.1 Å². The van der Waals surface area contributed by atoms with Gasteiger partial charge in [0.1, 0.15) is 12.4 Å². The Hall–Kier alpha value is -2.97. The van der Waals surface area contributed by atoms with Crippen LogP contribution in [0.1, 0.15) is 27.6 Å². The van der Waals surface area contributed by atoms with E-state index in [2.05, 4.69) is 17.2 Å². The van der Waals surface area contributed by atoms with Crippen molar-refractivity contribution in [2.75, 3.05) is 11.9 Å². The maximum atomic E-state index is 12.5. The fraction of sp³-hybridized carbons (Fsp3) is 0.111. The van der Waals surface area contributed by atoms with Crippen LogP contribution in [-0.2, 0) is 0 Å². The van der Waals surface area contributed by atoms with E-state index in [1.807, 2.05) is 0 Å². The van der Waals surface area contributed by atoms with E-state index in [1.165, 1.54) is 18.2 Å². The average molecular weight is 343 g/mol. The molecule has 3 N–H and O–H groups in total. The van der Waals surface area contributed by atoms with Crippen molar-refractivity contribution >= 4 is 29.1 Å². The van der Waals surface area contributed by atoms with Crippen LogP contribution in [0.25, 0.3) is 0 Å². The smallest absolute Gasteiger partial charge is 0.259 e. The van der Waals surface area contributed by atoms with Gasteiger partial charge in [0.25, 0.3) is 5.91 Å². The van der Waals surface area contributed by atoms with E-state index in [0.29, 0.717) is 16.5 Å². The summed E-state index contributed by atoms with van der Waals surface area (Å²) in [6, 6.07) is 11.1. The molecule has 0 saturated carbocycles. The predicted molar refractivity (Wildman–Crippen MR) is 93.3 cm³/mol. The van der Waals surface area contributed by atoms with Crippen molar-refractivity contribution in [2.24, 2.45) is 5.73 Å². The minimum absolute atomic E-state index is 0.133. The molecular weight excluding hydrogens is 328 g/mol. The zero-order valence-corrected chi connectivity index (χ0v) is 13.7. The van der Waals surface area contributed by atoms with Crippen LogP contribution in [0.3, 0.4) is 0 Å². The molecular formula is C18H15ClN2O3. The number of hydrogen-bond donors (Lipinski definition) is 2. The van der Waals surface area contributed by atoms with Gasteiger partial charge in [-0.1, -0.05) is 17.5 Å². The summed E-state index contributed by atoms with van der Waals surface area (Å²) in [6.45, 7) is 1.82. The molecule has 0 aliphatic heterocycles. The Morgan fingerprint density at radius 1 is 1.21 bits per heavy atom. The van der Waals surface area contributed by atoms with Crippen molar-refractivity contribution in [3.8, 4) is 17.6 Å². The minimum Gasteiger partial charge on any atom is -0.480 e. The Morgan fingerprint density at radius 3 is 2.54 bits per heavy atom. The largest absolute Gasteiger partial charge is 0.480 e. The van der Waals surface area contributed by atoms with E-state index in [1.54, 1.807) is 31.2 Å². The average Bonchev–Trinajstić information content (AvgIpc) is 2.57. The Balaban J connectivity index is 2.30. The number of amides is 2. The van der Waals surface area contributed by atoms with Crippen molar-refractivity contribution in [1.29, 1.82) is 0 Å². The Labute approximate surface area is 144 Å². The van der Waals surface area contributed by atoms with E-state index >= 15 is 0 Å². The van der Waals surface area contributed by atoms with Crippen molar-refractivity contribution < 1.29 is 14.3 Å². The molecule has 0 fully saturated rings. The van der Waals surface area contributed by atoms with Gasteiger partial charge in [0, 0.05) is 16.3 Å². The monoisotopic (exact) mass is 342 g/mol. The molecule has 0 aliphatic rings. The third-order valence-electron chi connectivity index (χ3n) is 3.09. The highest BCUT2D eigenvalue weighted by atomic mass is 35.5. The Bertz CT molecular complexity index is 820. The van der Waals surface area contributed by atoms with Crippen molar-refractivity contribution in [3.63, 3.8) is 0 Å². The van der Waals surface area contributed by atoms with Gasteiger partial charge in [-0.15, -0.1) is 5.92 Å². The van der Waals surface area contributed by atoms with Crippen LogP contribution >= 0.6 is 11.6 Å². The summed E-state index contributed by atoms with van der Waals surface area (Å²) in [7, 11) is 0. The summed E-state index contributed by atoms with van der Waals surface area (Å²) in [6.07, 6.45) is 0. The lowest BCUT2D eigenvalue weighted by molar-refractivity contribution is 0.1000. The normalized spacial score (nSPS) is 9.58. The number of nitrogens with one attached hydrogen (secondary N) is 1. The zero-order valence-electron chi connectivity index (χ0n) is 12.9. The van der Waals surface area contributed by atoms with Gasteiger partial charge in [0.05, 0.1) is 5.56 Å². The maximum Gasteiger partial charge on any atom is 0.259 e. The first kappa shape index (κ1) is 17.4. The molecule has 0 saturated heterocycles. The first-order valence-electron chi connectivity index (χ1n) is 7.04. The number of rotatable bonds is 5. The van der Waals surface area contributed by atoms with Crippen LogP contribution in [0.15, 0.2) is 42.5 Å². The molecule has 2 rings (SSSR count). The lowest BCUT2D eigenvalue weighted by Crippen LogP contribution is -2.17. The molecule has 2 amide bonds. The molecule has 0 bridgehead atoms. The molecule has 0 unspecified atom stereocenters. The highest BCUT2D eigenvalue weighted by molar-refractivity contribution is 6.30. The first-order chi connectivity index (χ1) is 11.5. The topological polar surface area (TPSA) is 81.4 Å². The highest BCUT2D eigenvalue weighted by Gasteiger charge is 2.15. The van der Waals surface area contributed by atoms with Gasteiger partial charge in [-0.2, -0.15) is 0 Å². The number of benzene rings is 2. The summed E-state index contributed by atoms with van der Waals surface area (Å²) < 4.78 is 5.48. The predicted octanol–water partition coefficient (Wildman–Crippen LogP) is 3.09. The maximum absolute atomic E-state index is 12.5. The Morgan fingerprint density at radius 2 is 1.92 bits per heavy atom. The standard InChI is InChI=1S/C18H15ClN2O3/c1-2-3-10-24-16-9-4-12(17(20)22)11-15(16)18(23)21-14-7-5-13(19)6-8-14/h4-9,11H,10H2,1H3,(H2,20,22)(H,21,23). The van der Waals surface area contributed by atoms with Gasteiger partial charge in [0.2, 0.25) is 5.91 Å². The zero-order chi connectivity index (χ0) is 17.5. The third kappa shape index (κ3) is 4.51. The molecule has 0 spiro atoms. The van der Waals surface area contributed by atoms with E-state index < -0.39 is 11.8 Å². The summed E-state index contributed by atoms with van der Waals surface area (Å²) in [5, 5.41) is 3.28. The van der Waals surface area contributed by atoms with Crippen LogP contribution < -0.4 is 15.8 Å². The lowest BCUT2D eigenvalue weighted by atomic mass is 10.1. The number of carbonyl (C=O) groups is 2. The van der Waals surface area contributed by atoms with E-state index in [-0.39, 0.29) is 17.7 Å². The second-order valence-electron chi connectivity index (χ2n) is 4.75. The van der Waals surface area contributed by atoms with Gasteiger partial charge in [-0.05, 0) is 49.4 Å². The SMILES string of the molecule is CC#CCOc1ccc(C(N)=O)cc1C(=O)Nc1ccc(Cl)cc1. The van der Waals surface area contributed by atoms with Gasteiger partial charge in [0.15, 0.2) is 0 Å². The molecule has 0 heterocycles.